The van der Waals surface area contributed by atoms with Gasteiger partial charge in [-0.2, -0.15) is 4.98 Å². The number of hydrogen-bond donors (Lipinski definition) is 0. The van der Waals surface area contributed by atoms with Crippen LogP contribution in [-0.4, -0.2) is 10.1 Å². The van der Waals surface area contributed by atoms with Gasteiger partial charge in [0.15, 0.2) is 23.0 Å². The molecule has 1 aromatic heterocycles. The van der Waals surface area contributed by atoms with Crippen LogP contribution in [-0.2, 0) is 0 Å². The zero-order valence-corrected chi connectivity index (χ0v) is 23.9. The van der Waals surface area contributed by atoms with E-state index >= 15 is 0 Å². The molecule has 0 amide bonds. The Morgan fingerprint density at radius 1 is 0.400 bits per heavy atom. The number of nitrogens with zero attached hydrogens (tertiary/aromatic N) is 4. The monoisotopic (exact) mass is 584 g/mol. The second kappa shape index (κ2) is 10.1. The van der Waals surface area contributed by atoms with Crippen molar-refractivity contribution in [2.45, 2.75) is 0 Å². The SMILES string of the molecule is c1ccc2c(c1)Oc1ccccc1N2c1ccc(-c2noc(-c3ccc(N4c5ccccc5Oc5ccccc54)cc3)n2)cc1. The minimum Gasteiger partial charge on any atom is -0.453 e. The molecule has 0 aliphatic carbocycles. The first-order valence-electron chi connectivity index (χ1n) is 14.7. The maximum atomic E-state index is 6.16. The molecule has 0 saturated heterocycles. The summed E-state index contributed by atoms with van der Waals surface area (Å²) in [5.74, 6) is 4.25. The van der Waals surface area contributed by atoms with E-state index in [-0.39, 0.29) is 0 Å². The summed E-state index contributed by atoms with van der Waals surface area (Å²) >= 11 is 0. The second-order valence-electron chi connectivity index (χ2n) is 10.8. The number of fused-ring (bicyclic) bond motifs is 4. The third kappa shape index (κ3) is 4.21. The van der Waals surface area contributed by atoms with Crippen molar-refractivity contribution in [2.24, 2.45) is 0 Å². The number of para-hydroxylation sites is 8. The molecule has 0 atom stereocenters. The Kier molecular flexibility index (Phi) is 5.67. The molecule has 9 rings (SSSR count). The largest absolute Gasteiger partial charge is 0.453 e. The molecule has 7 heteroatoms. The van der Waals surface area contributed by atoms with E-state index in [1.54, 1.807) is 0 Å². The molecule has 7 nitrogen and oxygen atoms in total. The van der Waals surface area contributed by atoms with Crippen LogP contribution in [0.25, 0.3) is 22.8 Å². The lowest BCUT2D eigenvalue weighted by molar-refractivity contribution is 0.432. The summed E-state index contributed by atoms with van der Waals surface area (Å²) in [6.07, 6.45) is 0. The first kappa shape index (κ1) is 25.2. The third-order valence-corrected chi connectivity index (χ3v) is 8.05. The van der Waals surface area contributed by atoms with E-state index in [2.05, 4.69) is 63.5 Å². The molecule has 0 N–H and O–H groups in total. The normalized spacial score (nSPS) is 12.7. The summed E-state index contributed by atoms with van der Waals surface area (Å²) in [5.41, 5.74) is 7.65. The number of benzene rings is 6. The Hall–Kier alpha value is -6.34. The van der Waals surface area contributed by atoms with Crippen molar-refractivity contribution in [1.82, 2.24) is 10.1 Å². The Labute approximate surface area is 259 Å². The molecule has 0 fully saturated rings. The van der Waals surface area contributed by atoms with Crippen molar-refractivity contribution < 1.29 is 14.0 Å². The van der Waals surface area contributed by atoms with Gasteiger partial charge < -0.3 is 23.8 Å². The van der Waals surface area contributed by atoms with Crippen molar-refractivity contribution in [3.05, 3.63) is 146 Å². The highest BCUT2D eigenvalue weighted by atomic mass is 16.5. The molecular weight excluding hydrogens is 560 g/mol. The number of anilines is 6. The van der Waals surface area contributed by atoms with Crippen molar-refractivity contribution in [1.29, 1.82) is 0 Å². The average molecular weight is 585 g/mol. The molecule has 3 heterocycles. The summed E-state index contributed by atoms with van der Waals surface area (Å²) in [5, 5.41) is 4.30. The molecule has 0 saturated carbocycles. The molecule has 0 spiro atoms. The molecule has 2 aliphatic heterocycles. The average Bonchev–Trinajstić information content (AvgIpc) is 3.60. The molecule has 45 heavy (non-hydrogen) atoms. The molecule has 7 aromatic rings. The van der Waals surface area contributed by atoms with Crippen molar-refractivity contribution in [3.63, 3.8) is 0 Å². The van der Waals surface area contributed by atoms with Gasteiger partial charge in [0.2, 0.25) is 5.82 Å². The summed E-state index contributed by atoms with van der Waals surface area (Å²) in [6.45, 7) is 0. The van der Waals surface area contributed by atoms with Crippen LogP contribution in [0, 0.1) is 0 Å². The zero-order chi connectivity index (χ0) is 29.7. The molecule has 6 aromatic carbocycles. The highest BCUT2D eigenvalue weighted by molar-refractivity contribution is 5.88. The first-order chi connectivity index (χ1) is 22.3. The molecule has 214 valence electrons. The highest BCUT2D eigenvalue weighted by Crippen LogP contribution is 2.51. The summed E-state index contributed by atoms with van der Waals surface area (Å²) < 4.78 is 18.0. The minimum atomic E-state index is 0.458. The van der Waals surface area contributed by atoms with Crippen LogP contribution in [0.4, 0.5) is 34.1 Å². The van der Waals surface area contributed by atoms with Gasteiger partial charge in [-0.1, -0.05) is 53.7 Å². The van der Waals surface area contributed by atoms with E-state index in [9.17, 15) is 0 Å². The second-order valence-corrected chi connectivity index (χ2v) is 10.8. The smallest absolute Gasteiger partial charge is 0.258 e. The lowest BCUT2D eigenvalue weighted by Gasteiger charge is -2.32. The van der Waals surface area contributed by atoms with Gasteiger partial charge in [0.25, 0.3) is 5.89 Å². The van der Waals surface area contributed by atoms with E-state index in [0.717, 1.165) is 68.2 Å². The summed E-state index contributed by atoms with van der Waals surface area (Å²) in [6, 6.07) is 48.5. The van der Waals surface area contributed by atoms with E-state index in [4.69, 9.17) is 19.0 Å². The molecule has 2 aliphatic rings. The number of rotatable bonds is 4. The van der Waals surface area contributed by atoms with Gasteiger partial charge in [0, 0.05) is 22.5 Å². The van der Waals surface area contributed by atoms with Crippen LogP contribution in [0.15, 0.2) is 150 Å². The maximum Gasteiger partial charge on any atom is 0.258 e. The summed E-state index contributed by atoms with van der Waals surface area (Å²) in [4.78, 5) is 9.13. The van der Waals surface area contributed by atoms with Gasteiger partial charge >= 0.3 is 0 Å². The minimum absolute atomic E-state index is 0.458. The highest BCUT2D eigenvalue weighted by Gasteiger charge is 2.27. The standard InChI is InChI=1S/C38H24N4O3/c1-5-13-33-29(9-1)41(30-10-2-6-14-34(30)43-33)27-21-17-25(18-22-27)37-39-38(45-40-37)26-19-23-28(24-20-26)42-31-11-3-7-15-35(31)44-36-16-8-4-12-32(36)42/h1-24H. The van der Waals surface area contributed by atoms with Crippen LogP contribution < -0.4 is 19.3 Å². The van der Waals surface area contributed by atoms with E-state index in [0.29, 0.717) is 11.7 Å². The topological polar surface area (TPSA) is 63.9 Å². The fraction of sp³-hybridized carbons (Fsp3) is 0. The Morgan fingerprint density at radius 3 is 1.20 bits per heavy atom. The van der Waals surface area contributed by atoms with Gasteiger partial charge in [0.05, 0.1) is 22.7 Å². The number of hydrogen-bond acceptors (Lipinski definition) is 7. The van der Waals surface area contributed by atoms with E-state index in [1.165, 1.54) is 0 Å². The van der Waals surface area contributed by atoms with Crippen molar-refractivity contribution in [2.75, 3.05) is 9.80 Å². The quantitative estimate of drug-likeness (QED) is 0.204. The fourth-order valence-corrected chi connectivity index (χ4v) is 5.94. The lowest BCUT2D eigenvalue weighted by atomic mass is 10.1. The van der Waals surface area contributed by atoms with Gasteiger partial charge in [-0.05, 0) is 97.1 Å². The van der Waals surface area contributed by atoms with Crippen LogP contribution >= 0.6 is 0 Å². The first-order valence-corrected chi connectivity index (χ1v) is 14.7. The lowest BCUT2D eigenvalue weighted by Crippen LogP contribution is -2.15. The van der Waals surface area contributed by atoms with Crippen LogP contribution in [0.1, 0.15) is 0 Å². The zero-order valence-electron chi connectivity index (χ0n) is 23.9. The molecular formula is C38H24N4O3. The number of aromatic nitrogens is 2. The van der Waals surface area contributed by atoms with E-state index in [1.807, 2.05) is 97.1 Å². The van der Waals surface area contributed by atoms with Gasteiger partial charge in [-0.3, -0.25) is 0 Å². The Balaban J connectivity index is 1.00. The predicted molar refractivity (Wildman–Crippen MR) is 175 cm³/mol. The van der Waals surface area contributed by atoms with Gasteiger partial charge in [-0.15, -0.1) is 0 Å². The Bertz CT molecular complexity index is 1950. The Morgan fingerprint density at radius 2 is 0.778 bits per heavy atom. The third-order valence-electron chi connectivity index (χ3n) is 8.05. The van der Waals surface area contributed by atoms with Crippen molar-refractivity contribution >= 4 is 34.1 Å². The van der Waals surface area contributed by atoms with E-state index < -0.39 is 0 Å². The predicted octanol–water partition coefficient (Wildman–Crippen LogP) is 10.6. The molecule has 0 bridgehead atoms. The van der Waals surface area contributed by atoms with Gasteiger partial charge in [0.1, 0.15) is 0 Å². The van der Waals surface area contributed by atoms with Gasteiger partial charge in [-0.25, -0.2) is 0 Å². The van der Waals surface area contributed by atoms with Crippen LogP contribution in [0.3, 0.4) is 0 Å². The summed E-state index contributed by atoms with van der Waals surface area (Å²) in [7, 11) is 0. The van der Waals surface area contributed by atoms with Crippen LogP contribution in [0.5, 0.6) is 23.0 Å². The fourth-order valence-electron chi connectivity index (χ4n) is 5.94. The molecule has 0 radical (unpaired) electrons. The number of ether oxygens (including phenoxy) is 2. The van der Waals surface area contributed by atoms with Crippen molar-refractivity contribution in [3.8, 4) is 45.8 Å². The maximum absolute atomic E-state index is 6.16. The van der Waals surface area contributed by atoms with Crippen LogP contribution in [0.2, 0.25) is 0 Å². The molecule has 0 unspecified atom stereocenters.